The van der Waals surface area contributed by atoms with E-state index in [2.05, 4.69) is 5.32 Å². The van der Waals surface area contributed by atoms with Gasteiger partial charge in [-0.1, -0.05) is 6.07 Å². The Kier molecular flexibility index (Phi) is 5.00. The average molecular weight is 364 g/mol. The number of nitrogens with zero attached hydrogens (tertiary/aromatic N) is 1. The maximum atomic E-state index is 13.0. The molecule has 0 aliphatic carbocycles. The molecular weight excluding hydrogens is 347 g/mol. The van der Waals surface area contributed by atoms with Gasteiger partial charge in [-0.3, -0.25) is 4.79 Å². The normalized spacial score (nSPS) is 19.9. The minimum absolute atomic E-state index is 0.0540. The lowest BCUT2D eigenvalue weighted by atomic mass is 10.2. The zero-order chi connectivity index (χ0) is 17.9. The van der Waals surface area contributed by atoms with Gasteiger partial charge in [-0.15, -0.1) is 11.3 Å². The molecule has 1 aromatic carbocycles. The summed E-state index contributed by atoms with van der Waals surface area (Å²) in [4.78, 5) is 26.6. The highest BCUT2D eigenvalue weighted by Crippen LogP contribution is 2.29. The van der Waals surface area contributed by atoms with E-state index >= 15 is 0 Å². The Morgan fingerprint density at radius 3 is 2.80 bits per heavy atom. The van der Waals surface area contributed by atoms with E-state index < -0.39 is 23.6 Å². The molecular formula is C17H17FN2O4S. The molecule has 1 saturated heterocycles. The predicted molar refractivity (Wildman–Crippen MR) is 90.8 cm³/mol. The summed E-state index contributed by atoms with van der Waals surface area (Å²) in [7, 11) is 0. The van der Waals surface area contributed by atoms with E-state index in [4.69, 9.17) is 4.74 Å². The molecule has 0 unspecified atom stereocenters. The SMILES string of the molecule is O=C(NCCc1cccs1)O[C@]1(O)CCN(c2ccc(F)cc2)C1=O. The number of carbonyl (C=O) groups excluding carboxylic acids is 2. The summed E-state index contributed by atoms with van der Waals surface area (Å²) in [5.41, 5.74) is 0.434. The van der Waals surface area contributed by atoms with Gasteiger partial charge in [-0.25, -0.2) is 9.18 Å². The molecule has 0 spiro atoms. The Labute approximate surface area is 147 Å². The van der Waals surface area contributed by atoms with E-state index in [1.165, 1.54) is 29.2 Å². The zero-order valence-electron chi connectivity index (χ0n) is 13.3. The first-order valence-corrected chi connectivity index (χ1v) is 8.65. The molecule has 6 nitrogen and oxygen atoms in total. The summed E-state index contributed by atoms with van der Waals surface area (Å²) in [6.07, 6.45) is -0.268. The number of rotatable bonds is 5. The van der Waals surface area contributed by atoms with Crippen molar-refractivity contribution >= 4 is 29.0 Å². The second-order valence-corrected chi connectivity index (χ2v) is 6.65. The predicted octanol–water partition coefficient (Wildman–Crippen LogP) is 2.28. The van der Waals surface area contributed by atoms with E-state index in [1.54, 1.807) is 11.3 Å². The number of anilines is 1. The quantitative estimate of drug-likeness (QED) is 0.798. The van der Waals surface area contributed by atoms with Gasteiger partial charge < -0.3 is 20.1 Å². The average Bonchev–Trinajstić information content (AvgIpc) is 3.18. The fourth-order valence-corrected chi connectivity index (χ4v) is 3.29. The number of hydrogen-bond donors (Lipinski definition) is 2. The molecule has 0 saturated carbocycles. The van der Waals surface area contributed by atoms with Gasteiger partial charge in [0.05, 0.1) is 0 Å². The Bertz CT molecular complexity index is 751. The van der Waals surface area contributed by atoms with Gasteiger partial charge in [0.15, 0.2) is 0 Å². The lowest BCUT2D eigenvalue weighted by molar-refractivity contribution is -0.175. The van der Waals surface area contributed by atoms with Gasteiger partial charge >= 0.3 is 6.09 Å². The molecule has 25 heavy (non-hydrogen) atoms. The molecule has 132 valence electrons. The molecule has 0 bridgehead atoms. The highest BCUT2D eigenvalue weighted by Gasteiger charge is 2.49. The molecule has 8 heteroatoms. The van der Waals surface area contributed by atoms with Crippen molar-refractivity contribution < 1.29 is 23.8 Å². The molecule has 1 atom stereocenters. The third-order valence-corrected chi connectivity index (χ3v) is 4.81. The minimum atomic E-state index is -2.21. The minimum Gasteiger partial charge on any atom is -0.407 e. The van der Waals surface area contributed by atoms with Crippen molar-refractivity contribution in [2.75, 3.05) is 18.0 Å². The third kappa shape index (κ3) is 3.97. The number of carbonyl (C=O) groups is 2. The van der Waals surface area contributed by atoms with Gasteiger partial charge in [0, 0.05) is 30.1 Å². The van der Waals surface area contributed by atoms with Crippen LogP contribution in [0.4, 0.5) is 14.9 Å². The Hall–Kier alpha value is -2.45. The molecule has 2 heterocycles. The van der Waals surface area contributed by atoms with Crippen LogP contribution in [-0.2, 0) is 16.0 Å². The van der Waals surface area contributed by atoms with Crippen LogP contribution >= 0.6 is 11.3 Å². The van der Waals surface area contributed by atoms with Crippen molar-refractivity contribution in [3.8, 4) is 0 Å². The lowest BCUT2D eigenvalue weighted by Crippen LogP contribution is -2.46. The largest absolute Gasteiger partial charge is 0.410 e. The summed E-state index contributed by atoms with van der Waals surface area (Å²) in [6.45, 7) is 0.509. The highest BCUT2D eigenvalue weighted by molar-refractivity contribution is 7.09. The van der Waals surface area contributed by atoms with Crippen molar-refractivity contribution in [2.45, 2.75) is 18.6 Å². The molecule has 1 aliphatic heterocycles. The number of benzene rings is 1. The van der Waals surface area contributed by atoms with Crippen LogP contribution in [0.5, 0.6) is 0 Å². The van der Waals surface area contributed by atoms with Crippen LogP contribution in [0.15, 0.2) is 41.8 Å². The van der Waals surface area contributed by atoms with E-state index in [-0.39, 0.29) is 13.0 Å². The van der Waals surface area contributed by atoms with Crippen LogP contribution in [0, 0.1) is 5.82 Å². The van der Waals surface area contributed by atoms with Crippen molar-refractivity contribution in [1.82, 2.24) is 5.32 Å². The Morgan fingerprint density at radius 1 is 1.36 bits per heavy atom. The zero-order valence-corrected chi connectivity index (χ0v) is 14.1. The van der Waals surface area contributed by atoms with E-state index in [0.717, 1.165) is 4.88 Å². The first-order valence-electron chi connectivity index (χ1n) is 7.77. The molecule has 1 aliphatic rings. The monoisotopic (exact) mass is 364 g/mol. The van der Waals surface area contributed by atoms with E-state index in [1.807, 2.05) is 17.5 Å². The Balaban J connectivity index is 1.55. The first kappa shape index (κ1) is 17.4. The van der Waals surface area contributed by atoms with Crippen molar-refractivity contribution in [1.29, 1.82) is 0 Å². The van der Waals surface area contributed by atoms with E-state index in [9.17, 15) is 19.1 Å². The summed E-state index contributed by atoms with van der Waals surface area (Å²) in [6, 6.07) is 9.17. The maximum Gasteiger partial charge on any atom is 0.410 e. The number of amides is 2. The van der Waals surface area contributed by atoms with Crippen LogP contribution in [-0.4, -0.2) is 36.0 Å². The van der Waals surface area contributed by atoms with Crippen LogP contribution in [0.2, 0.25) is 0 Å². The van der Waals surface area contributed by atoms with Crippen molar-refractivity contribution in [3.63, 3.8) is 0 Å². The standard InChI is InChI=1S/C17H17FN2O4S/c18-12-3-5-13(6-4-12)20-10-8-17(23,15(20)21)24-16(22)19-9-7-14-2-1-11-25-14/h1-6,11,23H,7-10H2,(H,19,22)/t17-/m1/s1. The van der Waals surface area contributed by atoms with Gasteiger partial charge in [0.25, 0.3) is 11.7 Å². The van der Waals surface area contributed by atoms with Gasteiger partial charge in [0.2, 0.25) is 0 Å². The van der Waals surface area contributed by atoms with Crippen molar-refractivity contribution in [3.05, 3.63) is 52.5 Å². The Morgan fingerprint density at radius 2 is 2.12 bits per heavy atom. The van der Waals surface area contributed by atoms with Gasteiger partial charge in [-0.05, 0) is 42.1 Å². The van der Waals surface area contributed by atoms with Crippen LogP contribution in [0.1, 0.15) is 11.3 Å². The summed E-state index contributed by atoms with van der Waals surface area (Å²) < 4.78 is 17.9. The van der Waals surface area contributed by atoms with Gasteiger partial charge in [-0.2, -0.15) is 0 Å². The topological polar surface area (TPSA) is 78.9 Å². The summed E-state index contributed by atoms with van der Waals surface area (Å²) >= 11 is 1.58. The van der Waals surface area contributed by atoms with E-state index in [0.29, 0.717) is 18.7 Å². The number of aliphatic hydroxyl groups is 1. The number of nitrogens with one attached hydrogen (secondary N) is 1. The number of ether oxygens (including phenoxy) is 1. The number of halogens is 1. The lowest BCUT2D eigenvalue weighted by Gasteiger charge is -2.22. The van der Waals surface area contributed by atoms with Crippen LogP contribution in [0.3, 0.4) is 0 Å². The molecule has 1 fully saturated rings. The maximum absolute atomic E-state index is 13.0. The molecule has 2 amide bonds. The van der Waals surface area contributed by atoms with Gasteiger partial charge in [0.1, 0.15) is 5.82 Å². The second kappa shape index (κ2) is 7.20. The fourth-order valence-electron chi connectivity index (χ4n) is 2.58. The number of thiophene rings is 1. The summed E-state index contributed by atoms with van der Waals surface area (Å²) in [5, 5.41) is 14.8. The number of alkyl carbamates (subject to hydrolysis) is 1. The van der Waals surface area contributed by atoms with Crippen molar-refractivity contribution in [2.24, 2.45) is 0 Å². The second-order valence-electron chi connectivity index (χ2n) is 5.61. The highest BCUT2D eigenvalue weighted by atomic mass is 32.1. The summed E-state index contributed by atoms with van der Waals surface area (Å²) in [5.74, 6) is -3.37. The van der Waals surface area contributed by atoms with Crippen LogP contribution in [0.25, 0.3) is 0 Å². The first-order chi connectivity index (χ1) is 12.0. The third-order valence-electron chi connectivity index (χ3n) is 3.87. The fraction of sp³-hybridized carbons (Fsp3) is 0.294. The molecule has 0 radical (unpaired) electrons. The smallest absolute Gasteiger partial charge is 0.407 e. The molecule has 2 N–H and O–H groups in total. The molecule has 3 rings (SSSR count). The molecule has 1 aromatic heterocycles. The molecule has 2 aromatic rings. The number of hydrogen-bond acceptors (Lipinski definition) is 5. The van der Waals surface area contributed by atoms with Crippen LogP contribution < -0.4 is 10.2 Å².